The molecule has 0 aromatic heterocycles. The zero-order valence-corrected chi connectivity index (χ0v) is 13.2. The summed E-state index contributed by atoms with van der Waals surface area (Å²) in [6.45, 7) is -0.535. The third kappa shape index (κ3) is 6.36. The van der Waals surface area contributed by atoms with E-state index in [-0.39, 0.29) is 17.6 Å². The topological polar surface area (TPSA) is 105 Å². The molecule has 1 atom stereocenters. The fraction of sp³-hybridized carbons (Fsp3) is 0.438. The van der Waals surface area contributed by atoms with Crippen LogP contribution in [0.15, 0.2) is 24.3 Å². The van der Waals surface area contributed by atoms with Crippen molar-refractivity contribution in [3.05, 3.63) is 24.3 Å². The van der Waals surface area contributed by atoms with Crippen LogP contribution in [0.1, 0.15) is 19.3 Å². The summed E-state index contributed by atoms with van der Waals surface area (Å²) >= 11 is 0. The maximum atomic E-state index is 12.3. The molecule has 136 valence electrons. The van der Waals surface area contributed by atoms with E-state index >= 15 is 0 Å². The summed E-state index contributed by atoms with van der Waals surface area (Å²) in [5.41, 5.74) is 0.510. The van der Waals surface area contributed by atoms with Gasteiger partial charge in [0.15, 0.2) is 6.61 Å². The second-order valence-electron chi connectivity index (χ2n) is 5.67. The molecule has 0 aliphatic heterocycles. The van der Waals surface area contributed by atoms with Crippen molar-refractivity contribution in [2.24, 2.45) is 5.92 Å². The molecule has 1 unspecified atom stereocenters. The number of carboxylic acids is 1. The number of anilines is 1. The number of halogens is 2. The van der Waals surface area contributed by atoms with E-state index in [1.807, 2.05) is 5.32 Å². The SMILES string of the molecule is O=C(COc1cccc(NC(=O)C2CC2)c1)NC(CC(F)F)C(=O)O. The molecule has 0 radical (unpaired) electrons. The molecule has 1 saturated carbocycles. The van der Waals surface area contributed by atoms with Gasteiger partial charge in [-0.3, -0.25) is 9.59 Å². The lowest BCUT2D eigenvalue weighted by Gasteiger charge is -2.14. The molecule has 25 heavy (non-hydrogen) atoms. The quantitative estimate of drug-likeness (QED) is 0.624. The average molecular weight is 356 g/mol. The zero-order chi connectivity index (χ0) is 18.4. The highest BCUT2D eigenvalue weighted by Crippen LogP contribution is 2.30. The Hall–Kier alpha value is -2.71. The minimum absolute atomic E-state index is 0.0399. The predicted molar refractivity (Wildman–Crippen MR) is 83.5 cm³/mol. The Bertz CT molecular complexity index is 649. The van der Waals surface area contributed by atoms with E-state index < -0.39 is 37.4 Å². The number of aliphatic carboxylic acids is 1. The zero-order valence-electron chi connectivity index (χ0n) is 13.2. The van der Waals surface area contributed by atoms with Gasteiger partial charge < -0.3 is 20.5 Å². The molecule has 0 spiro atoms. The van der Waals surface area contributed by atoms with Crippen LogP contribution >= 0.6 is 0 Å². The highest BCUT2D eigenvalue weighted by atomic mass is 19.3. The Morgan fingerprint density at radius 3 is 2.60 bits per heavy atom. The largest absolute Gasteiger partial charge is 0.484 e. The van der Waals surface area contributed by atoms with Crippen molar-refractivity contribution in [3.63, 3.8) is 0 Å². The van der Waals surface area contributed by atoms with Crippen LogP contribution in [0, 0.1) is 5.92 Å². The van der Waals surface area contributed by atoms with Crippen molar-refractivity contribution in [2.45, 2.75) is 31.7 Å². The molecule has 1 fully saturated rings. The van der Waals surface area contributed by atoms with Gasteiger partial charge in [0, 0.05) is 24.1 Å². The third-order valence-corrected chi connectivity index (χ3v) is 3.47. The van der Waals surface area contributed by atoms with Crippen molar-refractivity contribution >= 4 is 23.5 Å². The molecule has 0 bridgehead atoms. The number of ether oxygens (including phenoxy) is 1. The monoisotopic (exact) mass is 356 g/mol. The van der Waals surface area contributed by atoms with Gasteiger partial charge in [0.1, 0.15) is 11.8 Å². The van der Waals surface area contributed by atoms with Crippen LogP contribution in [-0.2, 0) is 14.4 Å². The van der Waals surface area contributed by atoms with Gasteiger partial charge in [0.2, 0.25) is 12.3 Å². The Morgan fingerprint density at radius 1 is 1.28 bits per heavy atom. The fourth-order valence-corrected chi connectivity index (χ4v) is 2.04. The van der Waals surface area contributed by atoms with Crippen LogP contribution in [-0.4, -0.2) is 42.0 Å². The molecule has 1 aromatic carbocycles. The smallest absolute Gasteiger partial charge is 0.326 e. The minimum atomic E-state index is -2.85. The highest BCUT2D eigenvalue weighted by molar-refractivity contribution is 5.94. The maximum absolute atomic E-state index is 12.3. The average Bonchev–Trinajstić information content (AvgIpc) is 3.37. The summed E-state index contributed by atoms with van der Waals surface area (Å²) in [5.74, 6) is -2.13. The lowest BCUT2D eigenvalue weighted by atomic mass is 10.2. The van der Waals surface area contributed by atoms with Gasteiger partial charge in [-0.15, -0.1) is 0 Å². The van der Waals surface area contributed by atoms with Crippen molar-refractivity contribution in [1.82, 2.24) is 5.32 Å². The first-order chi connectivity index (χ1) is 11.8. The van der Waals surface area contributed by atoms with E-state index in [0.717, 1.165) is 12.8 Å². The molecule has 7 nitrogen and oxygen atoms in total. The lowest BCUT2D eigenvalue weighted by Crippen LogP contribution is -2.44. The summed E-state index contributed by atoms with van der Waals surface area (Å²) in [5, 5.41) is 13.5. The van der Waals surface area contributed by atoms with Gasteiger partial charge >= 0.3 is 5.97 Å². The van der Waals surface area contributed by atoms with Gasteiger partial charge in [-0.1, -0.05) is 6.07 Å². The molecular weight excluding hydrogens is 338 g/mol. The standard InChI is InChI=1S/C16H18F2N2O5/c17-13(18)7-12(16(23)24)20-14(21)8-25-11-3-1-2-10(6-11)19-15(22)9-4-5-9/h1-3,6,9,12-13H,4-5,7-8H2,(H,19,22)(H,20,21)(H,23,24). The third-order valence-electron chi connectivity index (χ3n) is 3.47. The van der Waals surface area contributed by atoms with Crippen molar-refractivity contribution in [1.29, 1.82) is 0 Å². The van der Waals surface area contributed by atoms with Crippen molar-refractivity contribution in [3.8, 4) is 5.75 Å². The van der Waals surface area contributed by atoms with Crippen LogP contribution in [0.5, 0.6) is 5.75 Å². The summed E-state index contributed by atoms with van der Waals surface area (Å²) in [6, 6.07) is 4.67. The number of benzene rings is 1. The van der Waals surface area contributed by atoms with Gasteiger partial charge in [0.25, 0.3) is 5.91 Å². The second-order valence-corrected chi connectivity index (χ2v) is 5.67. The van der Waals surface area contributed by atoms with E-state index in [0.29, 0.717) is 5.69 Å². The number of nitrogens with one attached hydrogen (secondary N) is 2. The Morgan fingerprint density at radius 2 is 2.00 bits per heavy atom. The number of carbonyl (C=O) groups excluding carboxylic acids is 2. The number of carboxylic acid groups (broad SMARTS) is 1. The number of alkyl halides is 2. The lowest BCUT2D eigenvalue weighted by molar-refractivity contribution is -0.143. The van der Waals surface area contributed by atoms with Gasteiger partial charge in [-0.05, 0) is 25.0 Å². The van der Waals surface area contributed by atoms with Crippen molar-refractivity contribution < 1.29 is 33.0 Å². The van der Waals surface area contributed by atoms with Gasteiger partial charge in [0.05, 0.1) is 0 Å². The fourth-order valence-electron chi connectivity index (χ4n) is 2.04. The van der Waals surface area contributed by atoms with Crippen LogP contribution in [0.2, 0.25) is 0 Å². The van der Waals surface area contributed by atoms with E-state index in [1.54, 1.807) is 18.2 Å². The van der Waals surface area contributed by atoms with E-state index in [1.165, 1.54) is 6.07 Å². The molecule has 2 rings (SSSR count). The second kappa shape index (κ2) is 8.41. The molecule has 1 aromatic rings. The number of hydrogen-bond donors (Lipinski definition) is 3. The van der Waals surface area contributed by atoms with Crippen LogP contribution in [0.3, 0.4) is 0 Å². The minimum Gasteiger partial charge on any atom is -0.484 e. The summed E-state index contributed by atoms with van der Waals surface area (Å²) in [7, 11) is 0. The Kier molecular flexibility index (Phi) is 6.26. The number of amides is 2. The van der Waals surface area contributed by atoms with Gasteiger partial charge in [-0.2, -0.15) is 0 Å². The first-order valence-electron chi connectivity index (χ1n) is 7.69. The van der Waals surface area contributed by atoms with Crippen LogP contribution < -0.4 is 15.4 Å². The van der Waals surface area contributed by atoms with E-state index in [4.69, 9.17) is 9.84 Å². The normalized spacial score (nSPS) is 14.7. The molecule has 0 heterocycles. The number of hydrogen-bond acceptors (Lipinski definition) is 4. The van der Waals surface area contributed by atoms with Crippen LogP contribution in [0.4, 0.5) is 14.5 Å². The highest BCUT2D eigenvalue weighted by Gasteiger charge is 2.29. The molecule has 2 amide bonds. The van der Waals surface area contributed by atoms with Crippen LogP contribution in [0.25, 0.3) is 0 Å². The number of rotatable bonds is 9. The van der Waals surface area contributed by atoms with E-state index in [9.17, 15) is 23.2 Å². The Labute approximate surface area is 142 Å². The predicted octanol–water partition coefficient (Wildman–Crippen LogP) is 1.64. The van der Waals surface area contributed by atoms with Crippen molar-refractivity contribution in [2.75, 3.05) is 11.9 Å². The summed E-state index contributed by atoms with van der Waals surface area (Å²) in [4.78, 5) is 34.2. The maximum Gasteiger partial charge on any atom is 0.326 e. The molecular formula is C16H18F2N2O5. The van der Waals surface area contributed by atoms with E-state index in [2.05, 4.69) is 5.32 Å². The first-order valence-corrected chi connectivity index (χ1v) is 7.69. The Balaban J connectivity index is 1.84. The molecule has 9 heteroatoms. The number of carbonyl (C=O) groups is 3. The molecule has 0 saturated heterocycles. The molecule has 3 N–H and O–H groups in total. The molecule has 1 aliphatic rings. The first kappa shape index (κ1) is 18.6. The van der Waals surface area contributed by atoms with Gasteiger partial charge in [-0.25, -0.2) is 13.6 Å². The molecule has 1 aliphatic carbocycles. The summed E-state index contributed by atoms with van der Waals surface area (Å²) < 4.78 is 29.8. The summed E-state index contributed by atoms with van der Waals surface area (Å²) in [6.07, 6.45) is -2.10.